The van der Waals surface area contributed by atoms with Crippen molar-refractivity contribution in [3.63, 3.8) is 0 Å². The van der Waals surface area contributed by atoms with E-state index < -0.39 is 6.04 Å². The monoisotopic (exact) mass is 470 g/mol. The highest BCUT2D eigenvalue weighted by Gasteiger charge is 2.39. The number of halogens is 1. The van der Waals surface area contributed by atoms with E-state index >= 15 is 0 Å². The minimum absolute atomic E-state index is 0.136. The van der Waals surface area contributed by atoms with Crippen LogP contribution in [0.25, 0.3) is 6.08 Å². The Morgan fingerprint density at radius 1 is 1.14 bits per heavy atom. The van der Waals surface area contributed by atoms with Gasteiger partial charge in [0.15, 0.2) is 0 Å². The maximum atomic E-state index is 12.9. The lowest BCUT2D eigenvalue weighted by Crippen LogP contribution is -2.52. The quantitative estimate of drug-likeness (QED) is 0.527. The van der Waals surface area contributed by atoms with Crippen LogP contribution < -0.4 is 5.32 Å². The van der Waals surface area contributed by atoms with E-state index in [1.54, 1.807) is 16.7 Å². The molecule has 2 aromatic rings. The van der Waals surface area contributed by atoms with Crippen molar-refractivity contribution in [2.45, 2.75) is 36.1 Å². The first kappa shape index (κ1) is 19.9. The van der Waals surface area contributed by atoms with Crippen LogP contribution in [0.2, 0.25) is 0 Å². The zero-order valence-corrected chi connectivity index (χ0v) is 18.0. The number of nitrogens with zero attached hydrogens (tertiary/aromatic N) is 1. The van der Waals surface area contributed by atoms with Crippen LogP contribution in [-0.2, 0) is 21.9 Å². The topological polar surface area (TPSA) is 66.5 Å². The van der Waals surface area contributed by atoms with Crippen LogP contribution in [0.1, 0.15) is 39.9 Å². The molecular formula is C22H19BrN2O3S. The number of imide groups is 1. The summed E-state index contributed by atoms with van der Waals surface area (Å²) in [5.41, 5.74) is 3.94. The summed E-state index contributed by atoms with van der Waals surface area (Å²) in [6.07, 6.45) is 2.62. The number of piperidine rings is 1. The van der Waals surface area contributed by atoms with Crippen molar-refractivity contribution in [3.05, 3.63) is 69.7 Å². The predicted molar refractivity (Wildman–Crippen MR) is 116 cm³/mol. The van der Waals surface area contributed by atoms with Crippen molar-refractivity contribution < 1.29 is 14.4 Å². The Labute approximate surface area is 181 Å². The molecule has 148 valence electrons. The predicted octanol–water partition coefficient (Wildman–Crippen LogP) is 4.11. The van der Waals surface area contributed by atoms with Gasteiger partial charge in [-0.1, -0.05) is 46.3 Å². The molecule has 0 spiro atoms. The smallest absolute Gasteiger partial charge is 0.255 e. The van der Waals surface area contributed by atoms with E-state index in [-0.39, 0.29) is 24.1 Å². The number of nitrogens with one attached hydrogen (secondary N) is 1. The molecule has 1 N–H and O–H groups in total. The van der Waals surface area contributed by atoms with Gasteiger partial charge in [0.1, 0.15) is 6.04 Å². The highest BCUT2D eigenvalue weighted by Crippen LogP contribution is 2.35. The van der Waals surface area contributed by atoms with Gasteiger partial charge >= 0.3 is 0 Å². The van der Waals surface area contributed by atoms with Crippen molar-refractivity contribution >= 4 is 51.5 Å². The number of amides is 3. The van der Waals surface area contributed by atoms with Crippen molar-refractivity contribution in [2.75, 3.05) is 0 Å². The first-order valence-corrected chi connectivity index (χ1v) is 11.2. The summed E-state index contributed by atoms with van der Waals surface area (Å²) in [7, 11) is 0. The zero-order valence-electron chi connectivity index (χ0n) is 15.6. The van der Waals surface area contributed by atoms with Crippen LogP contribution in [0.15, 0.2) is 52.3 Å². The molecule has 7 heteroatoms. The van der Waals surface area contributed by atoms with E-state index in [9.17, 15) is 14.4 Å². The molecule has 1 saturated heterocycles. The van der Waals surface area contributed by atoms with Gasteiger partial charge in [0.2, 0.25) is 11.8 Å². The van der Waals surface area contributed by atoms with Crippen LogP contribution in [0.4, 0.5) is 0 Å². The largest absolute Gasteiger partial charge is 0.322 e. The van der Waals surface area contributed by atoms with Gasteiger partial charge in [0, 0.05) is 29.2 Å². The van der Waals surface area contributed by atoms with Crippen molar-refractivity contribution in [2.24, 2.45) is 0 Å². The minimum atomic E-state index is -0.583. The number of carbonyl (C=O) groups is 3. The van der Waals surface area contributed by atoms with Gasteiger partial charge in [-0.05, 0) is 46.3 Å². The number of hydrogen-bond donors (Lipinski definition) is 1. The third kappa shape index (κ3) is 4.16. The summed E-state index contributed by atoms with van der Waals surface area (Å²) < 4.78 is 0. The summed E-state index contributed by atoms with van der Waals surface area (Å²) in [4.78, 5) is 41.0. The Morgan fingerprint density at radius 3 is 2.66 bits per heavy atom. The lowest BCUT2D eigenvalue weighted by Gasteiger charge is -2.29. The second kappa shape index (κ2) is 8.55. The van der Waals surface area contributed by atoms with Crippen molar-refractivity contribution in [1.82, 2.24) is 10.2 Å². The van der Waals surface area contributed by atoms with Crippen LogP contribution >= 0.6 is 27.7 Å². The third-order valence-corrected chi connectivity index (χ3v) is 6.60. The first-order chi connectivity index (χ1) is 14.1. The molecule has 2 heterocycles. The van der Waals surface area contributed by atoms with Gasteiger partial charge in [-0.3, -0.25) is 19.7 Å². The van der Waals surface area contributed by atoms with Gasteiger partial charge in [-0.25, -0.2) is 0 Å². The van der Waals surface area contributed by atoms with Crippen molar-refractivity contribution in [1.29, 1.82) is 0 Å². The fourth-order valence-electron chi connectivity index (χ4n) is 3.65. The number of benzene rings is 2. The Balaban J connectivity index is 1.49. The van der Waals surface area contributed by atoms with Gasteiger partial charge in [0.25, 0.3) is 5.91 Å². The fourth-order valence-corrected chi connectivity index (χ4v) is 4.99. The molecule has 2 aromatic carbocycles. The second-order valence-corrected chi connectivity index (χ2v) is 8.55. The fraction of sp³-hybridized carbons (Fsp3) is 0.227. The van der Waals surface area contributed by atoms with E-state index in [0.717, 1.165) is 21.8 Å². The standard InChI is InChI=1S/C22H19BrN2O3S/c23-11-10-14-4-6-15(7-5-14)13-29-19-3-1-2-16-17(19)12-25(22(16)28)18-8-9-20(26)24-21(18)27/h1-7,10-11,18H,8-9,12-13H2,(H,24,26,27). The Bertz CT molecular complexity index is 1000. The molecule has 0 saturated carbocycles. The molecule has 29 heavy (non-hydrogen) atoms. The van der Waals surface area contributed by atoms with E-state index in [0.29, 0.717) is 18.5 Å². The molecule has 5 nitrogen and oxygen atoms in total. The molecule has 1 fully saturated rings. The number of thioether (sulfide) groups is 1. The highest BCUT2D eigenvalue weighted by atomic mass is 79.9. The van der Waals surface area contributed by atoms with Crippen LogP contribution in [0, 0.1) is 0 Å². The summed E-state index contributed by atoms with van der Waals surface area (Å²) >= 11 is 4.97. The Kier molecular flexibility index (Phi) is 5.87. The lowest BCUT2D eigenvalue weighted by molar-refractivity contribution is -0.136. The van der Waals surface area contributed by atoms with Crippen molar-refractivity contribution in [3.8, 4) is 0 Å². The third-order valence-electron chi connectivity index (χ3n) is 5.17. The summed E-state index contributed by atoms with van der Waals surface area (Å²) in [6, 6.07) is 13.5. The molecule has 0 aromatic heterocycles. The molecule has 2 aliphatic heterocycles. The van der Waals surface area contributed by atoms with Crippen LogP contribution in [0.3, 0.4) is 0 Å². The molecule has 2 aliphatic rings. The number of rotatable bonds is 5. The van der Waals surface area contributed by atoms with Crippen LogP contribution in [0.5, 0.6) is 0 Å². The maximum Gasteiger partial charge on any atom is 0.255 e. The van der Waals surface area contributed by atoms with E-state index in [1.165, 1.54) is 5.56 Å². The van der Waals surface area contributed by atoms with Gasteiger partial charge in [0.05, 0.1) is 0 Å². The average Bonchev–Trinajstić information content (AvgIpc) is 3.05. The summed E-state index contributed by atoms with van der Waals surface area (Å²) in [6.45, 7) is 0.401. The van der Waals surface area contributed by atoms with Gasteiger partial charge in [-0.15, -0.1) is 11.8 Å². The number of carbonyl (C=O) groups excluding carboxylic acids is 3. The molecular weight excluding hydrogens is 452 g/mol. The molecule has 0 aliphatic carbocycles. The SMILES string of the molecule is O=C1CCC(N2Cc3c(SCc4ccc(C=CBr)cc4)cccc3C2=O)C(=O)N1. The highest BCUT2D eigenvalue weighted by molar-refractivity contribution is 9.11. The number of fused-ring (bicyclic) bond motifs is 1. The average molecular weight is 471 g/mol. The molecule has 1 atom stereocenters. The molecule has 0 bridgehead atoms. The van der Waals surface area contributed by atoms with E-state index in [2.05, 4.69) is 45.5 Å². The molecule has 1 unspecified atom stereocenters. The second-order valence-electron chi connectivity index (χ2n) is 7.01. The first-order valence-electron chi connectivity index (χ1n) is 9.32. The van der Waals surface area contributed by atoms with Crippen LogP contribution in [-0.4, -0.2) is 28.7 Å². The molecule has 0 radical (unpaired) electrons. The molecule has 3 amide bonds. The van der Waals surface area contributed by atoms with E-state index in [1.807, 2.05) is 29.3 Å². The summed E-state index contributed by atoms with van der Waals surface area (Å²) in [5.74, 6) is 0.00264. The number of hydrogen-bond acceptors (Lipinski definition) is 4. The lowest BCUT2D eigenvalue weighted by atomic mass is 10.0. The normalized spacial score (nSPS) is 19.0. The molecule has 4 rings (SSSR count). The Hall–Kier alpha value is -2.38. The maximum absolute atomic E-state index is 12.9. The minimum Gasteiger partial charge on any atom is -0.322 e. The zero-order chi connectivity index (χ0) is 20.4. The van der Waals surface area contributed by atoms with Gasteiger partial charge in [-0.2, -0.15) is 0 Å². The van der Waals surface area contributed by atoms with Gasteiger partial charge < -0.3 is 4.90 Å². The Morgan fingerprint density at radius 2 is 1.93 bits per heavy atom. The summed E-state index contributed by atoms with van der Waals surface area (Å²) in [5, 5.41) is 2.34. The van der Waals surface area contributed by atoms with E-state index in [4.69, 9.17) is 0 Å².